The van der Waals surface area contributed by atoms with Gasteiger partial charge in [-0.15, -0.1) is 0 Å². The number of hydrogen-bond acceptors (Lipinski definition) is 10. The minimum absolute atomic E-state index is 0.136. The third kappa shape index (κ3) is 7.32. The molecule has 0 fully saturated rings. The summed E-state index contributed by atoms with van der Waals surface area (Å²) in [4.78, 5) is 57.3. The van der Waals surface area contributed by atoms with Crippen LogP contribution in [0.15, 0.2) is 182 Å². The van der Waals surface area contributed by atoms with E-state index in [-0.39, 0.29) is 68.4 Å². The number of fused-ring (bicyclic) bond motifs is 8. The minimum atomic E-state index is -1.41. The van der Waals surface area contributed by atoms with Gasteiger partial charge in [-0.2, -0.15) is 0 Å². The van der Waals surface area contributed by atoms with Gasteiger partial charge in [-0.05, 0) is 12.8 Å². The van der Waals surface area contributed by atoms with Crippen molar-refractivity contribution in [1.29, 1.82) is 0 Å². The van der Waals surface area contributed by atoms with Crippen LogP contribution >= 0.6 is 0 Å². The molecule has 8 aromatic rings. The Balaban J connectivity index is 0.725. The topological polar surface area (TPSA) is 124 Å². The van der Waals surface area contributed by atoms with Gasteiger partial charge in [0.2, 0.25) is 0 Å². The minimum Gasteiger partial charge on any atom is -0.493 e. The van der Waals surface area contributed by atoms with Gasteiger partial charge < -0.3 is 28.4 Å². The molecule has 0 saturated heterocycles. The molecule has 12 rings (SSSR count). The number of ketones is 4. The van der Waals surface area contributed by atoms with E-state index in [1.807, 2.05) is 121 Å². The second-order valence-electron chi connectivity index (χ2n) is 18.2. The maximum absolute atomic E-state index is 14.4. The Kier molecular flexibility index (Phi) is 11.2. The molecule has 8 aromatic carbocycles. The number of carbonyl (C=O) groups excluding carboxylic acids is 4. The van der Waals surface area contributed by atoms with Crippen LogP contribution in [0.5, 0.6) is 34.5 Å². The van der Waals surface area contributed by atoms with Gasteiger partial charge >= 0.3 is 11.6 Å². The quantitative estimate of drug-likeness (QED) is 0.0918. The van der Waals surface area contributed by atoms with Crippen molar-refractivity contribution in [2.24, 2.45) is 0 Å². The molecular formula is C62H46O10. The van der Waals surface area contributed by atoms with Crippen LogP contribution in [0, 0.1) is 0 Å². The van der Waals surface area contributed by atoms with Crippen molar-refractivity contribution in [3.05, 3.63) is 249 Å². The van der Waals surface area contributed by atoms with Gasteiger partial charge in [-0.1, -0.05) is 196 Å². The van der Waals surface area contributed by atoms with Crippen molar-refractivity contribution < 1.29 is 47.6 Å². The molecule has 354 valence electrons. The zero-order valence-corrected chi connectivity index (χ0v) is 39.1. The van der Waals surface area contributed by atoms with Crippen LogP contribution in [0.1, 0.15) is 124 Å². The highest BCUT2D eigenvalue weighted by molar-refractivity contribution is 6.31. The highest BCUT2D eigenvalue weighted by Crippen LogP contribution is 2.56. The normalized spacial score (nSPS) is 15.1. The summed E-state index contributed by atoms with van der Waals surface area (Å²) in [5, 5.41) is 0. The van der Waals surface area contributed by atoms with E-state index in [0.717, 1.165) is 47.9 Å². The van der Waals surface area contributed by atoms with E-state index in [1.165, 1.54) is 0 Å². The number of benzene rings is 8. The van der Waals surface area contributed by atoms with Crippen LogP contribution in [0.25, 0.3) is 0 Å². The third-order valence-electron chi connectivity index (χ3n) is 13.8. The highest BCUT2D eigenvalue weighted by atomic mass is 16.7. The molecule has 0 amide bonds. The molecule has 0 N–H and O–H groups in total. The van der Waals surface area contributed by atoms with Gasteiger partial charge in [0, 0.05) is 56.6 Å². The first kappa shape index (κ1) is 44.4. The van der Waals surface area contributed by atoms with E-state index in [4.69, 9.17) is 28.4 Å². The summed E-state index contributed by atoms with van der Waals surface area (Å²) in [5.41, 5.74) is 4.76. The standard InChI is InChI=1S/C62H46O10/c63-55-43-31-17-19-33-45(43)57(65)53-51(55)47(37-49-59(53)71-61(69-49,39-23-9-5-10-24-39)40-25-11-6-12-26-40)67-35-21-3-1-2-4-22-36-68-48-38-50-60(54-52(48)56(64)44-32-18-20-34-46(44)58(54)66)72-62(70-50,41-27-13-7-14-28-41)42-29-15-8-16-30-42/h5-20,23-34,37-38H,1-4,21-22,35-36H2. The van der Waals surface area contributed by atoms with Crippen LogP contribution in [0.3, 0.4) is 0 Å². The van der Waals surface area contributed by atoms with Crippen LogP contribution in [0.2, 0.25) is 0 Å². The molecule has 0 bridgehead atoms. The largest absolute Gasteiger partial charge is 0.493 e. The van der Waals surface area contributed by atoms with Crippen LogP contribution in [-0.4, -0.2) is 36.3 Å². The first-order valence-corrected chi connectivity index (χ1v) is 24.4. The molecule has 4 aliphatic rings. The molecule has 2 aliphatic carbocycles. The van der Waals surface area contributed by atoms with E-state index in [1.54, 1.807) is 60.7 Å². The molecule has 0 saturated carbocycles. The van der Waals surface area contributed by atoms with Gasteiger partial charge in [0.15, 0.2) is 46.1 Å². The molecule has 10 nitrogen and oxygen atoms in total. The van der Waals surface area contributed by atoms with E-state index >= 15 is 0 Å². The fourth-order valence-corrected chi connectivity index (χ4v) is 10.3. The first-order chi connectivity index (χ1) is 35.4. The molecule has 0 aromatic heterocycles. The van der Waals surface area contributed by atoms with Crippen LogP contribution in [0.4, 0.5) is 0 Å². The number of rotatable bonds is 15. The average Bonchev–Trinajstić information content (AvgIpc) is 4.03. The van der Waals surface area contributed by atoms with Crippen LogP contribution < -0.4 is 28.4 Å². The number of ether oxygens (including phenoxy) is 6. The molecule has 0 spiro atoms. The number of unbranched alkanes of at least 4 members (excludes halogenated alkanes) is 5. The van der Waals surface area contributed by atoms with E-state index in [0.29, 0.717) is 59.8 Å². The Labute approximate surface area is 415 Å². The molecule has 0 unspecified atom stereocenters. The van der Waals surface area contributed by atoms with Crippen LogP contribution in [-0.2, 0) is 11.6 Å². The van der Waals surface area contributed by atoms with Gasteiger partial charge in [0.05, 0.1) is 35.5 Å². The second-order valence-corrected chi connectivity index (χ2v) is 18.2. The maximum Gasteiger partial charge on any atom is 0.305 e. The SMILES string of the molecule is O=C1c2ccccc2C(=O)c2c3c(cc(OCCCCCCCCOc4cc5c(c6c4C(=O)c4ccccc4C6=O)OC(c4ccccc4)(c4ccccc4)O5)c21)OC(c1ccccc1)(c1ccccc1)O3. The predicted octanol–water partition coefficient (Wildman–Crippen LogP) is 12.4. The summed E-state index contributed by atoms with van der Waals surface area (Å²) in [6, 6.07) is 55.2. The Morgan fingerprint density at radius 3 is 0.917 bits per heavy atom. The summed E-state index contributed by atoms with van der Waals surface area (Å²) >= 11 is 0. The van der Waals surface area contributed by atoms with Gasteiger partial charge in [0.1, 0.15) is 11.5 Å². The van der Waals surface area contributed by atoms with Crippen molar-refractivity contribution in [3.8, 4) is 34.5 Å². The molecular weight excluding hydrogens is 905 g/mol. The zero-order chi connectivity index (χ0) is 48.8. The Morgan fingerprint density at radius 2 is 0.597 bits per heavy atom. The second kappa shape index (κ2) is 18.2. The summed E-state index contributed by atoms with van der Waals surface area (Å²) < 4.78 is 39.9. The molecule has 2 heterocycles. The zero-order valence-electron chi connectivity index (χ0n) is 39.1. The lowest BCUT2D eigenvalue weighted by molar-refractivity contribution is -0.0464. The molecule has 2 aliphatic heterocycles. The lowest BCUT2D eigenvalue weighted by Crippen LogP contribution is -2.37. The Hall–Kier alpha value is -8.76. The Bertz CT molecular complexity index is 3130. The van der Waals surface area contributed by atoms with E-state index in [9.17, 15) is 19.2 Å². The highest BCUT2D eigenvalue weighted by Gasteiger charge is 2.51. The molecule has 10 heteroatoms. The lowest BCUT2D eigenvalue weighted by Gasteiger charge is -2.28. The summed E-state index contributed by atoms with van der Waals surface area (Å²) in [5.74, 6) is -2.51. The first-order valence-electron chi connectivity index (χ1n) is 24.4. The Morgan fingerprint density at radius 1 is 0.319 bits per heavy atom. The van der Waals surface area contributed by atoms with Crippen molar-refractivity contribution in [1.82, 2.24) is 0 Å². The van der Waals surface area contributed by atoms with Gasteiger partial charge in [-0.25, -0.2) is 0 Å². The van der Waals surface area contributed by atoms with Crippen molar-refractivity contribution in [2.45, 2.75) is 50.1 Å². The van der Waals surface area contributed by atoms with Crippen molar-refractivity contribution in [2.75, 3.05) is 13.2 Å². The fraction of sp³-hybridized carbons (Fsp3) is 0.161. The maximum atomic E-state index is 14.4. The van der Waals surface area contributed by atoms with Crippen molar-refractivity contribution in [3.63, 3.8) is 0 Å². The third-order valence-corrected chi connectivity index (χ3v) is 13.8. The summed E-state index contributed by atoms with van der Waals surface area (Å²) in [6.45, 7) is 0.615. The predicted molar refractivity (Wildman–Crippen MR) is 268 cm³/mol. The number of hydrogen-bond donors (Lipinski definition) is 0. The number of carbonyl (C=O) groups is 4. The van der Waals surface area contributed by atoms with E-state index in [2.05, 4.69) is 0 Å². The summed E-state index contributed by atoms with van der Waals surface area (Å²) in [6.07, 6.45) is 4.92. The summed E-state index contributed by atoms with van der Waals surface area (Å²) in [7, 11) is 0. The average molecular weight is 951 g/mol. The molecule has 0 radical (unpaired) electrons. The van der Waals surface area contributed by atoms with Gasteiger partial charge in [-0.3, -0.25) is 19.2 Å². The monoisotopic (exact) mass is 950 g/mol. The lowest BCUT2D eigenvalue weighted by atomic mass is 9.83. The van der Waals surface area contributed by atoms with E-state index < -0.39 is 11.6 Å². The smallest absolute Gasteiger partial charge is 0.305 e. The van der Waals surface area contributed by atoms with Gasteiger partial charge in [0.25, 0.3) is 0 Å². The molecule has 0 atom stereocenters. The fourth-order valence-electron chi connectivity index (χ4n) is 10.3. The molecule has 72 heavy (non-hydrogen) atoms. The van der Waals surface area contributed by atoms with Crippen molar-refractivity contribution >= 4 is 23.1 Å².